The van der Waals surface area contributed by atoms with Crippen LogP contribution in [-0.4, -0.2) is 23.0 Å². The number of nitrogens with zero attached hydrogens (tertiary/aromatic N) is 3. The van der Waals surface area contributed by atoms with E-state index in [1.165, 1.54) is 36.5 Å². The fourth-order valence-corrected chi connectivity index (χ4v) is 3.77. The van der Waals surface area contributed by atoms with E-state index in [1.54, 1.807) is 0 Å². The Balaban J connectivity index is 1.68. The molecule has 144 valence electrons. The maximum atomic E-state index is 14.8. The van der Waals surface area contributed by atoms with Gasteiger partial charge in [-0.2, -0.15) is 5.26 Å². The smallest absolute Gasteiger partial charge is 0.284 e. The zero-order valence-corrected chi connectivity index (χ0v) is 15.4. The van der Waals surface area contributed by atoms with Crippen molar-refractivity contribution in [1.82, 2.24) is 4.98 Å². The number of anilines is 1. The van der Waals surface area contributed by atoms with Crippen LogP contribution in [0.3, 0.4) is 0 Å². The lowest BCUT2D eigenvalue weighted by Gasteiger charge is -2.29. The third-order valence-electron chi connectivity index (χ3n) is 5.30. The summed E-state index contributed by atoms with van der Waals surface area (Å²) in [4.78, 5) is 20.7. The van der Waals surface area contributed by atoms with Gasteiger partial charge in [-0.1, -0.05) is 12.8 Å². The number of carbonyl (C=O) groups is 1. The Kier molecular flexibility index (Phi) is 4.20. The maximum Gasteiger partial charge on any atom is 0.284 e. The van der Waals surface area contributed by atoms with Gasteiger partial charge < -0.3 is 15.8 Å². The number of carbonyl (C=O) groups excluding carboxylic acids is 1. The highest BCUT2D eigenvalue weighted by molar-refractivity contribution is 6.02. The molecule has 1 aliphatic heterocycles. The second-order valence-corrected chi connectivity index (χ2v) is 7.02. The van der Waals surface area contributed by atoms with Crippen LogP contribution in [0.25, 0.3) is 0 Å². The molecule has 29 heavy (non-hydrogen) atoms. The van der Waals surface area contributed by atoms with Crippen molar-refractivity contribution in [3.8, 4) is 18.4 Å². The predicted octanol–water partition coefficient (Wildman–Crippen LogP) is 2.15. The lowest BCUT2D eigenvalue weighted by Crippen LogP contribution is -2.37. The van der Waals surface area contributed by atoms with E-state index in [9.17, 15) is 9.18 Å². The quantitative estimate of drug-likeness (QED) is 0.781. The normalized spacial score (nSPS) is 26.8. The first-order chi connectivity index (χ1) is 13.9. The predicted molar refractivity (Wildman–Crippen MR) is 103 cm³/mol. The first-order valence-corrected chi connectivity index (χ1v) is 8.87. The zero-order valence-electron chi connectivity index (χ0n) is 15.4. The molecule has 2 aliphatic rings. The van der Waals surface area contributed by atoms with Gasteiger partial charge in [-0.15, -0.1) is 6.42 Å². The Morgan fingerprint density at radius 2 is 2.21 bits per heavy atom. The largest absolute Gasteiger partial charge is 0.461 e. The average molecular weight is 389 g/mol. The van der Waals surface area contributed by atoms with Gasteiger partial charge >= 0.3 is 0 Å². The van der Waals surface area contributed by atoms with Gasteiger partial charge in [-0.25, -0.2) is 14.4 Å². The molecule has 4 unspecified atom stereocenters. The summed E-state index contributed by atoms with van der Waals surface area (Å²) in [6, 6.07) is 8.87. The van der Waals surface area contributed by atoms with E-state index in [0.717, 1.165) is 0 Å². The number of rotatable bonds is 3. The number of nitriles is 1. The summed E-state index contributed by atoms with van der Waals surface area (Å²) in [6.07, 6.45) is 6.87. The van der Waals surface area contributed by atoms with Crippen LogP contribution in [0.5, 0.6) is 0 Å². The minimum atomic E-state index is -1.30. The fourth-order valence-electron chi connectivity index (χ4n) is 3.77. The van der Waals surface area contributed by atoms with Crippen molar-refractivity contribution in [2.45, 2.75) is 18.6 Å². The molecule has 0 saturated heterocycles. The second kappa shape index (κ2) is 6.61. The highest BCUT2D eigenvalue weighted by atomic mass is 19.1. The molecule has 1 aromatic heterocycles. The number of amidine groups is 1. The van der Waals surface area contributed by atoms with Crippen molar-refractivity contribution in [3.05, 3.63) is 59.2 Å². The lowest BCUT2D eigenvalue weighted by molar-refractivity contribution is 0.102. The van der Waals surface area contributed by atoms with Crippen LogP contribution in [0.15, 0.2) is 41.5 Å². The number of hydrogen-bond acceptors (Lipinski definition) is 6. The fraction of sp³-hybridized carbons (Fsp3) is 0.238. The van der Waals surface area contributed by atoms with Gasteiger partial charge in [-0.05, 0) is 30.3 Å². The van der Waals surface area contributed by atoms with Crippen molar-refractivity contribution >= 4 is 17.6 Å². The molecule has 1 amide bonds. The molecule has 8 heteroatoms. The zero-order chi connectivity index (χ0) is 20.8. The summed E-state index contributed by atoms with van der Waals surface area (Å²) in [5.41, 5.74) is 5.41. The monoisotopic (exact) mass is 389 g/mol. The molecule has 3 N–H and O–H groups in total. The van der Waals surface area contributed by atoms with Crippen LogP contribution in [0.2, 0.25) is 0 Å². The van der Waals surface area contributed by atoms with Crippen LogP contribution < -0.4 is 11.1 Å². The van der Waals surface area contributed by atoms with Crippen LogP contribution in [-0.2, 0) is 10.3 Å². The Labute approximate surface area is 166 Å². The molecule has 0 radical (unpaired) electrons. The average Bonchev–Trinajstić information content (AvgIpc) is 3.38. The molecular weight excluding hydrogens is 373 g/mol. The van der Waals surface area contributed by atoms with Crippen molar-refractivity contribution in [1.29, 1.82) is 5.26 Å². The van der Waals surface area contributed by atoms with Gasteiger partial charge in [0.15, 0.2) is 5.54 Å². The molecular formula is C21H16FN5O2. The maximum absolute atomic E-state index is 14.8. The third-order valence-corrected chi connectivity index (χ3v) is 5.30. The number of amides is 1. The topological polar surface area (TPSA) is 113 Å². The van der Waals surface area contributed by atoms with E-state index >= 15 is 0 Å². The number of halogens is 1. The van der Waals surface area contributed by atoms with Gasteiger partial charge in [-0.3, -0.25) is 4.79 Å². The lowest BCUT2D eigenvalue weighted by atomic mass is 9.84. The second-order valence-electron chi connectivity index (χ2n) is 7.02. The van der Waals surface area contributed by atoms with E-state index < -0.39 is 17.3 Å². The number of pyridine rings is 1. The highest BCUT2D eigenvalue weighted by Crippen LogP contribution is 2.57. The minimum Gasteiger partial charge on any atom is -0.461 e. The molecule has 1 aliphatic carbocycles. The number of aliphatic imine (C=N–C) groups is 1. The highest BCUT2D eigenvalue weighted by Gasteiger charge is 2.64. The van der Waals surface area contributed by atoms with E-state index in [1.807, 2.05) is 13.0 Å². The molecule has 2 heterocycles. The standard InChI is InChI=1S/C21H16FN5O2/c1-3-21(17-11(2)18(17)29-20(24)27-21)14-8-13(5-6-15(14)22)26-19(28)16-7-4-12(9-23)10-25-16/h1,4-8,10-11,17-18H,2H3,(H2,24,27)(H,26,28). The summed E-state index contributed by atoms with van der Waals surface area (Å²) in [6.45, 7) is 1.94. The van der Waals surface area contributed by atoms with Gasteiger partial charge in [0, 0.05) is 29.3 Å². The van der Waals surface area contributed by atoms with Crippen LogP contribution in [0.1, 0.15) is 28.5 Å². The molecule has 4 atom stereocenters. The van der Waals surface area contributed by atoms with Crippen molar-refractivity contribution in [2.24, 2.45) is 22.6 Å². The molecule has 1 aromatic carbocycles. The number of ether oxygens (including phenoxy) is 1. The summed E-state index contributed by atoms with van der Waals surface area (Å²) in [7, 11) is 0. The van der Waals surface area contributed by atoms with Gasteiger partial charge in [0.05, 0.1) is 5.56 Å². The van der Waals surface area contributed by atoms with Gasteiger partial charge in [0.1, 0.15) is 23.7 Å². The van der Waals surface area contributed by atoms with Crippen LogP contribution in [0.4, 0.5) is 10.1 Å². The van der Waals surface area contributed by atoms with E-state index in [2.05, 4.69) is 21.2 Å². The Morgan fingerprint density at radius 3 is 2.86 bits per heavy atom. The van der Waals surface area contributed by atoms with E-state index in [4.69, 9.17) is 22.2 Å². The van der Waals surface area contributed by atoms with E-state index in [-0.39, 0.29) is 35.2 Å². The first kappa shape index (κ1) is 18.5. The molecule has 0 bridgehead atoms. The minimum absolute atomic E-state index is 0.0661. The number of nitrogens with two attached hydrogens (primary N) is 1. The number of hydrogen-bond donors (Lipinski definition) is 2. The summed E-state index contributed by atoms with van der Waals surface area (Å²) in [5, 5.41) is 11.5. The Bertz CT molecular complexity index is 1120. The number of aromatic nitrogens is 1. The third kappa shape index (κ3) is 2.95. The number of benzene rings is 1. The molecule has 0 spiro atoms. The van der Waals surface area contributed by atoms with Crippen LogP contribution in [0, 0.1) is 41.3 Å². The summed E-state index contributed by atoms with van der Waals surface area (Å²) < 4.78 is 20.2. The van der Waals surface area contributed by atoms with Crippen molar-refractivity contribution in [2.75, 3.05) is 5.32 Å². The van der Waals surface area contributed by atoms with Gasteiger partial charge in [0.25, 0.3) is 11.9 Å². The molecule has 4 rings (SSSR count). The van der Waals surface area contributed by atoms with Gasteiger partial charge in [0.2, 0.25) is 0 Å². The SMILES string of the molecule is C#CC1(c2cc(NC(=O)c3ccc(C#N)cn3)ccc2F)N=C(N)OC2C(C)C21. The van der Waals surface area contributed by atoms with Crippen molar-refractivity contribution < 1.29 is 13.9 Å². The van der Waals surface area contributed by atoms with E-state index in [0.29, 0.717) is 11.3 Å². The molecule has 1 fully saturated rings. The first-order valence-electron chi connectivity index (χ1n) is 8.87. The number of nitrogens with one attached hydrogen (secondary N) is 1. The summed E-state index contributed by atoms with van der Waals surface area (Å²) in [5.74, 6) is 1.41. The van der Waals surface area contributed by atoms with Crippen LogP contribution >= 0.6 is 0 Å². The molecule has 2 aromatic rings. The number of terminal acetylenes is 1. The molecule has 7 nitrogen and oxygen atoms in total. The number of fused-ring (bicyclic) bond motifs is 1. The Morgan fingerprint density at radius 1 is 1.41 bits per heavy atom. The van der Waals surface area contributed by atoms with Crippen molar-refractivity contribution in [3.63, 3.8) is 0 Å². The Hall–Kier alpha value is -3.91. The molecule has 1 saturated carbocycles. The summed E-state index contributed by atoms with van der Waals surface area (Å²) >= 11 is 0.